The molecule has 0 aliphatic heterocycles. The average Bonchev–Trinajstić information content (AvgIpc) is 3.32. The summed E-state index contributed by atoms with van der Waals surface area (Å²) >= 11 is 0. The summed E-state index contributed by atoms with van der Waals surface area (Å²) in [6.07, 6.45) is 4.73. The van der Waals surface area contributed by atoms with Crippen molar-refractivity contribution < 1.29 is 19.1 Å². The quantitative estimate of drug-likeness (QED) is 0.0761. The fourth-order valence-corrected chi connectivity index (χ4v) is 6.50. The van der Waals surface area contributed by atoms with Gasteiger partial charge in [0.25, 0.3) is 0 Å². The summed E-state index contributed by atoms with van der Waals surface area (Å²) in [6.45, 7) is 13.6. The monoisotopic (exact) mass is 606 g/mol. The van der Waals surface area contributed by atoms with E-state index in [1.165, 1.54) is 64.3 Å². The van der Waals surface area contributed by atoms with Gasteiger partial charge in [0, 0.05) is 53.4 Å². The van der Waals surface area contributed by atoms with Crippen molar-refractivity contribution in [3.63, 3.8) is 0 Å². The molecular formula is C39H46N2O4. The Labute approximate surface area is 267 Å². The number of oxime groups is 1. The van der Waals surface area contributed by atoms with Gasteiger partial charge in [-0.3, -0.25) is 0 Å². The third kappa shape index (κ3) is 6.91. The number of methoxy groups -OCH3 is 1. The first kappa shape index (κ1) is 32.2. The Kier molecular flexibility index (Phi) is 10.2. The first-order valence-electron chi connectivity index (χ1n) is 16.2. The van der Waals surface area contributed by atoms with E-state index in [9.17, 15) is 4.79 Å². The molecule has 5 rings (SSSR count). The summed E-state index contributed by atoms with van der Waals surface area (Å²) in [5.41, 5.74) is 7.07. The van der Waals surface area contributed by atoms with E-state index >= 15 is 0 Å². The third-order valence-electron chi connectivity index (χ3n) is 8.79. The zero-order chi connectivity index (χ0) is 32.1. The van der Waals surface area contributed by atoms with Crippen molar-refractivity contribution >= 4 is 44.3 Å². The molecule has 0 amide bonds. The lowest BCUT2D eigenvalue weighted by Crippen LogP contribution is -2.18. The van der Waals surface area contributed by atoms with Crippen molar-refractivity contribution in [2.75, 3.05) is 13.7 Å². The van der Waals surface area contributed by atoms with E-state index in [1.807, 2.05) is 32.0 Å². The van der Waals surface area contributed by atoms with Gasteiger partial charge in [0.2, 0.25) is 0 Å². The van der Waals surface area contributed by atoms with Crippen LogP contribution in [0, 0.1) is 19.8 Å². The molecule has 1 aromatic heterocycles. The van der Waals surface area contributed by atoms with Gasteiger partial charge >= 0.3 is 5.97 Å². The molecule has 0 aliphatic carbocycles. The summed E-state index contributed by atoms with van der Waals surface area (Å²) in [5, 5.41) is 9.36. The van der Waals surface area contributed by atoms with E-state index in [-0.39, 0.29) is 6.10 Å². The molecule has 0 N–H and O–H groups in total. The van der Waals surface area contributed by atoms with Crippen LogP contribution in [0.2, 0.25) is 0 Å². The van der Waals surface area contributed by atoms with Crippen LogP contribution in [-0.2, 0) is 20.9 Å². The second-order valence-corrected chi connectivity index (χ2v) is 12.3. The number of hydrogen-bond donors (Lipinski definition) is 0. The first-order chi connectivity index (χ1) is 21.7. The number of hydrogen-bond acceptors (Lipinski definition) is 5. The van der Waals surface area contributed by atoms with Crippen molar-refractivity contribution in [1.82, 2.24) is 4.57 Å². The lowest BCUT2D eigenvalue weighted by Gasteiger charge is -2.18. The minimum Gasteiger partial charge on any atom is -0.488 e. The molecule has 0 aliphatic rings. The molecule has 5 aromatic rings. The molecule has 45 heavy (non-hydrogen) atoms. The van der Waals surface area contributed by atoms with Gasteiger partial charge in [-0.05, 0) is 86.0 Å². The zero-order valence-electron chi connectivity index (χ0n) is 27.8. The Morgan fingerprint density at radius 1 is 0.911 bits per heavy atom. The summed E-state index contributed by atoms with van der Waals surface area (Å²) in [5.74, 6) is 0.887. The fourth-order valence-electron chi connectivity index (χ4n) is 6.50. The number of nitrogens with zero attached hydrogens (tertiary/aromatic N) is 2. The van der Waals surface area contributed by atoms with Gasteiger partial charge in [0.1, 0.15) is 17.6 Å². The van der Waals surface area contributed by atoms with E-state index in [0.717, 1.165) is 35.4 Å². The number of aromatic nitrogens is 1. The highest BCUT2D eigenvalue weighted by molar-refractivity contribution is 6.21. The molecule has 1 heterocycles. The number of aryl methyl sites for hydroxylation is 2. The van der Waals surface area contributed by atoms with E-state index in [1.54, 1.807) is 7.11 Å². The maximum Gasteiger partial charge on any atom is 0.332 e. The van der Waals surface area contributed by atoms with Crippen molar-refractivity contribution in [1.29, 1.82) is 0 Å². The first-order valence-corrected chi connectivity index (χ1v) is 16.2. The van der Waals surface area contributed by atoms with Gasteiger partial charge in [-0.1, -0.05) is 68.6 Å². The van der Waals surface area contributed by atoms with Crippen LogP contribution in [0.25, 0.3) is 32.6 Å². The van der Waals surface area contributed by atoms with Gasteiger partial charge in [-0.15, -0.1) is 0 Å². The zero-order valence-corrected chi connectivity index (χ0v) is 27.8. The maximum atomic E-state index is 11.9. The molecule has 0 fully saturated rings. The van der Waals surface area contributed by atoms with Crippen LogP contribution in [0.4, 0.5) is 0 Å². The van der Waals surface area contributed by atoms with Gasteiger partial charge in [-0.25, -0.2) is 4.79 Å². The molecule has 0 saturated carbocycles. The van der Waals surface area contributed by atoms with Gasteiger partial charge in [0.15, 0.2) is 0 Å². The Morgan fingerprint density at radius 2 is 1.69 bits per heavy atom. The molecule has 0 bridgehead atoms. The van der Waals surface area contributed by atoms with Gasteiger partial charge < -0.3 is 18.9 Å². The predicted octanol–water partition coefficient (Wildman–Crippen LogP) is 9.51. The highest BCUT2D eigenvalue weighted by Gasteiger charge is 2.20. The van der Waals surface area contributed by atoms with Gasteiger partial charge in [-0.2, -0.15) is 0 Å². The van der Waals surface area contributed by atoms with E-state index < -0.39 is 5.97 Å². The minimum atomic E-state index is -0.462. The largest absolute Gasteiger partial charge is 0.488 e. The minimum absolute atomic E-state index is 0.0806. The third-order valence-corrected chi connectivity index (χ3v) is 8.79. The number of benzene rings is 4. The summed E-state index contributed by atoms with van der Waals surface area (Å²) in [6, 6.07) is 23.5. The topological polar surface area (TPSA) is 62.1 Å². The van der Waals surface area contributed by atoms with Crippen LogP contribution >= 0.6 is 0 Å². The van der Waals surface area contributed by atoms with Crippen molar-refractivity contribution in [3.05, 3.63) is 89.0 Å². The molecule has 2 unspecified atom stereocenters. The van der Waals surface area contributed by atoms with Crippen LogP contribution < -0.4 is 4.74 Å². The highest BCUT2D eigenvalue weighted by Crippen LogP contribution is 2.38. The highest BCUT2D eigenvalue weighted by atomic mass is 16.7. The van der Waals surface area contributed by atoms with Crippen molar-refractivity contribution in [2.24, 2.45) is 11.1 Å². The molecular weight excluding hydrogens is 560 g/mol. The van der Waals surface area contributed by atoms with Crippen LogP contribution in [0.15, 0.2) is 71.9 Å². The fraction of sp³-hybridized carbons (Fsp3) is 0.385. The van der Waals surface area contributed by atoms with E-state index in [4.69, 9.17) is 14.3 Å². The lowest BCUT2D eigenvalue weighted by molar-refractivity contribution is -0.140. The Balaban J connectivity index is 1.69. The van der Waals surface area contributed by atoms with Crippen molar-refractivity contribution in [3.8, 4) is 5.75 Å². The molecule has 0 saturated heterocycles. The SMILES string of the molecule is CCCCC(CC)Cn1c2ccc(/C(=N\OC(C)=O)c3ccc(OC(C)COC)cc3C)cc2c2cc(C)c3ccccc3c21. The summed E-state index contributed by atoms with van der Waals surface area (Å²) in [7, 11) is 1.67. The van der Waals surface area contributed by atoms with Gasteiger partial charge in [0.05, 0.1) is 12.1 Å². The van der Waals surface area contributed by atoms with E-state index in [0.29, 0.717) is 18.2 Å². The van der Waals surface area contributed by atoms with Crippen LogP contribution in [-0.4, -0.2) is 36.1 Å². The Morgan fingerprint density at radius 3 is 2.38 bits per heavy atom. The van der Waals surface area contributed by atoms with Crippen LogP contribution in [0.3, 0.4) is 0 Å². The number of fused-ring (bicyclic) bond motifs is 5. The van der Waals surface area contributed by atoms with Crippen LogP contribution in [0.5, 0.6) is 5.75 Å². The Hall–Kier alpha value is -4.16. The molecule has 6 nitrogen and oxygen atoms in total. The molecule has 4 aromatic carbocycles. The smallest absolute Gasteiger partial charge is 0.332 e. The summed E-state index contributed by atoms with van der Waals surface area (Å²) in [4.78, 5) is 17.2. The molecule has 6 heteroatoms. The Bertz CT molecular complexity index is 1850. The number of ether oxygens (including phenoxy) is 2. The second-order valence-electron chi connectivity index (χ2n) is 12.3. The molecule has 0 radical (unpaired) electrons. The van der Waals surface area contributed by atoms with E-state index in [2.05, 4.69) is 79.0 Å². The lowest BCUT2D eigenvalue weighted by atomic mass is 9.96. The molecule has 0 spiro atoms. The average molecular weight is 607 g/mol. The molecule has 2 atom stereocenters. The number of carbonyl (C=O) groups excluding carboxylic acids is 1. The number of rotatable bonds is 13. The standard InChI is InChI=1S/C39H46N2O4/c1-8-10-13-29(9-2)23-41-37-19-16-30(22-35(37)36-21-26(4)32-14-11-12-15-34(32)39(36)41)38(40-45-28(6)42)33-18-17-31(20-25(33)3)44-27(5)24-43-7/h11-12,14-22,27,29H,8-10,13,23-24H2,1-7H3/b40-38+. The van der Waals surface area contributed by atoms with Crippen LogP contribution in [0.1, 0.15) is 75.6 Å². The second kappa shape index (κ2) is 14.3. The number of unbranched alkanes of at least 4 members (excludes halogenated alkanes) is 1. The number of carbonyl (C=O) groups is 1. The molecule has 236 valence electrons. The predicted molar refractivity (Wildman–Crippen MR) is 186 cm³/mol. The normalized spacial score (nSPS) is 13.4. The van der Waals surface area contributed by atoms with Crippen molar-refractivity contribution in [2.45, 2.75) is 79.9 Å². The summed E-state index contributed by atoms with van der Waals surface area (Å²) < 4.78 is 13.8. The maximum absolute atomic E-state index is 11.9.